The number of ketones is 2. The Bertz CT molecular complexity index is 161. The summed E-state index contributed by atoms with van der Waals surface area (Å²) in [5.41, 5.74) is 0. The minimum atomic E-state index is -1.77. The van der Waals surface area contributed by atoms with E-state index in [1.54, 1.807) is 0 Å². The molecule has 0 rings (SSSR count). The molecular formula is C5H6O5. The summed E-state index contributed by atoms with van der Waals surface area (Å²) in [5, 5.41) is 16.6. The molecule has 0 aromatic heterocycles. The number of aliphatic hydroxyl groups is 2. The second-order valence-electron chi connectivity index (χ2n) is 1.54. The molecule has 5 heteroatoms. The standard InChI is InChI=1S/C5H6O5/c6-1-3(8)5(10)4(9)2-7/h1,4,7,9H,2H2. The summed E-state index contributed by atoms with van der Waals surface area (Å²) in [4.78, 5) is 30.0. The quantitative estimate of drug-likeness (QED) is 0.264. The van der Waals surface area contributed by atoms with Gasteiger partial charge in [0.25, 0.3) is 5.78 Å². The van der Waals surface area contributed by atoms with Crippen molar-refractivity contribution in [3.63, 3.8) is 0 Å². The fourth-order valence-corrected chi connectivity index (χ4v) is 0.305. The van der Waals surface area contributed by atoms with Crippen molar-refractivity contribution >= 4 is 17.9 Å². The number of carbonyl (C=O) groups is 3. The number of hydrogen-bond donors (Lipinski definition) is 2. The lowest BCUT2D eigenvalue weighted by Crippen LogP contribution is -2.31. The van der Waals surface area contributed by atoms with Gasteiger partial charge < -0.3 is 10.2 Å². The average Bonchev–Trinajstić information content (AvgIpc) is 2.00. The summed E-state index contributed by atoms with van der Waals surface area (Å²) in [6.07, 6.45) is -1.97. The van der Waals surface area contributed by atoms with Crippen LogP contribution in [0.4, 0.5) is 0 Å². The number of rotatable bonds is 4. The van der Waals surface area contributed by atoms with Crippen molar-refractivity contribution in [1.82, 2.24) is 0 Å². The van der Waals surface area contributed by atoms with Crippen LogP contribution in [0.25, 0.3) is 0 Å². The first-order valence-corrected chi connectivity index (χ1v) is 2.45. The van der Waals surface area contributed by atoms with Gasteiger partial charge >= 0.3 is 0 Å². The van der Waals surface area contributed by atoms with Gasteiger partial charge in [-0.2, -0.15) is 0 Å². The van der Waals surface area contributed by atoms with Crippen molar-refractivity contribution < 1.29 is 24.6 Å². The van der Waals surface area contributed by atoms with Crippen LogP contribution in [0.3, 0.4) is 0 Å². The van der Waals surface area contributed by atoms with Gasteiger partial charge in [0.15, 0.2) is 6.29 Å². The van der Waals surface area contributed by atoms with E-state index in [4.69, 9.17) is 10.2 Å². The highest BCUT2D eigenvalue weighted by atomic mass is 16.3. The number of hydrogen-bond acceptors (Lipinski definition) is 5. The minimum absolute atomic E-state index is 0.207. The Balaban J connectivity index is 4.07. The van der Waals surface area contributed by atoms with Gasteiger partial charge in [0.1, 0.15) is 6.10 Å². The molecular weight excluding hydrogens is 140 g/mol. The zero-order valence-electron chi connectivity index (χ0n) is 4.98. The van der Waals surface area contributed by atoms with Gasteiger partial charge in [-0.25, -0.2) is 0 Å². The van der Waals surface area contributed by atoms with Crippen molar-refractivity contribution in [2.45, 2.75) is 6.10 Å². The Morgan fingerprint density at radius 1 is 1.50 bits per heavy atom. The Morgan fingerprint density at radius 3 is 2.30 bits per heavy atom. The van der Waals surface area contributed by atoms with Crippen LogP contribution in [-0.4, -0.2) is 40.8 Å². The lowest BCUT2D eigenvalue weighted by molar-refractivity contribution is -0.145. The predicted octanol–water partition coefficient (Wildman–Crippen LogP) is -2.32. The third-order valence-corrected chi connectivity index (χ3v) is 0.825. The van der Waals surface area contributed by atoms with Gasteiger partial charge in [0.2, 0.25) is 5.78 Å². The van der Waals surface area contributed by atoms with Crippen molar-refractivity contribution in [3.05, 3.63) is 0 Å². The maximum atomic E-state index is 10.3. The maximum absolute atomic E-state index is 10.3. The summed E-state index contributed by atoms with van der Waals surface area (Å²) in [6.45, 7) is -0.849. The molecule has 0 spiro atoms. The molecule has 10 heavy (non-hydrogen) atoms. The van der Waals surface area contributed by atoms with Gasteiger partial charge in [-0.15, -0.1) is 0 Å². The van der Waals surface area contributed by atoms with E-state index in [1.165, 1.54) is 0 Å². The third-order valence-electron chi connectivity index (χ3n) is 0.825. The molecule has 0 heterocycles. The average molecular weight is 146 g/mol. The number of aldehydes is 1. The zero-order chi connectivity index (χ0) is 8.15. The monoisotopic (exact) mass is 146 g/mol. The van der Waals surface area contributed by atoms with Crippen LogP contribution in [0.2, 0.25) is 0 Å². The molecule has 0 aliphatic heterocycles. The maximum Gasteiger partial charge on any atom is 0.263 e. The second kappa shape index (κ2) is 3.86. The van der Waals surface area contributed by atoms with Crippen LogP contribution < -0.4 is 0 Å². The molecule has 0 aromatic carbocycles. The van der Waals surface area contributed by atoms with Gasteiger partial charge in [0, 0.05) is 0 Å². The van der Waals surface area contributed by atoms with Crippen molar-refractivity contribution in [1.29, 1.82) is 0 Å². The molecule has 1 unspecified atom stereocenters. The Kier molecular flexibility index (Phi) is 3.45. The van der Waals surface area contributed by atoms with Crippen LogP contribution in [0, 0.1) is 0 Å². The summed E-state index contributed by atoms with van der Waals surface area (Å²) in [7, 11) is 0. The molecule has 0 aliphatic rings. The van der Waals surface area contributed by atoms with E-state index >= 15 is 0 Å². The lowest BCUT2D eigenvalue weighted by atomic mass is 10.2. The first-order chi connectivity index (χ1) is 4.63. The molecule has 0 radical (unpaired) electrons. The van der Waals surface area contributed by atoms with E-state index in [-0.39, 0.29) is 6.29 Å². The molecule has 0 saturated carbocycles. The van der Waals surface area contributed by atoms with Crippen LogP contribution in [0.1, 0.15) is 0 Å². The molecule has 1 atom stereocenters. The molecule has 0 amide bonds. The molecule has 5 nitrogen and oxygen atoms in total. The van der Waals surface area contributed by atoms with E-state index in [0.717, 1.165) is 0 Å². The third kappa shape index (κ3) is 2.04. The lowest BCUT2D eigenvalue weighted by Gasteiger charge is -1.99. The highest BCUT2D eigenvalue weighted by Crippen LogP contribution is 1.83. The van der Waals surface area contributed by atoms with Crippen molar-refractivity contribution in [2.75, 3.05) is 6.61 Å². The van der Waals surface area contributed by atoms with Gasteiger partial charge in [0.05, 0.1) is 6.61 Å². The Labute approximate surface area is 56.3 Å². The second-order valence-corrected chi connectivity index (χ2v) is 1.54. The van der Waals surface area contributed by atoms with E-state index in [2.05, 4.69) is 0 Å². The summed E-state index contributed by atoms with van der Waals surface area (Å²) < 4.78 is 0. The summed E-state index contributed by atoms with van der Waals surface area (Å²) >= 11 is 0. The van der Waals surface area contributed by atoms with E-state index < -0.39 is 24.3 Å². The van der Waals surface area contributed by atoms with Crippen LogP contribution in [-0.2, 0) is 14.4 Å². The van der Waals surface area contributed by atoms with Crippen LogP contribution in [0.15, 0.2) is 0 Å². The molecule has 0 aromatic rings. The minimum Gasteiger partial charge on any atom is -0.393 e. The number of carbonyl (C=O) groups excluding carboxylic acids is 3. The number of Topliss-reactive ketones (excluding diaryl/α,β-unsaturated/α-hetero) is 2. The van der Waals surface area contributed by atoms with Crippen molar-refractivity contribution in [3.8, 4) is 0 Å². The summed E-state index contributed by atoms with van der Waals surface area (Å²) in [6, 6.07) is 0. The molecule has 0 fully saturated rings. The molecule has 0 saturated heterocycles. The van der Waals surface area contributed by atoms with Crippen LogP contribution >= 0.6 is 0 Å². The smallest absolute Gasteiger partial charge is 0.263 e. The molecule has 56 valence electrons. The first kappa shape index (κ1) is 8.93. The van der Waals surface area contributed by atoms with Gasteiger partial charge in [-0.05, 0) is 0 Å². The Morgan fingerprint density at radius 2 is 2.00 bits per heavy atom. The van der Waals surface area contributed by atoms with Gasteiger partial charge in [-0.1, -0.05) is 0 Å². The van der Waals surface area contributed by atoms with Gasteiger partial charge in [-0.3, -0.25) is 14.4 Å². The SMILES string of the molecule is O=CC(=O)C(=O)C(O)CO. The highest BCUT2D eigenvalue weighted by Gasteiger charge is 2.20. The topological polar surface area (TPSA) is 91.7 Å². The fourth-order valence-electron chi connectivity index (χ4n) is 0.305. The summed E-state index contributed by atoms with van der Waals surface area (Å²) in [5.74, 6) is -2.61. The largest absolute Gasteiger partial charge is 0.393 e. The first-order valence-electron chi connectivity index (χ1n) is 2.45. The van der Waals surface area contributed by atoms with Crippen molar-refractivity contribution in [2.24, 2.45) is 0 Å². The molecule has 2 N–H and O–H groups in total. The zero-order valence-corrected chi connectivity index (χ0v) is 4.98. The normalized spacial score (nSPS) is 12.2. The van der Waals surface area contributed by atoms with E-state index in [0.29, 0.717) is 0 Å². The number of aliphatic hydroxyl groups excluding tert-OH is 2. The van der Waals surface area contributed by atoms with E-state index in [9.17, 15) is 14.4 Å². The molecule has 0 aliphatic carbocycles. The Hall–Kier alpha value is -1.07. The highest BCUT2D eigenvalue weighted by molar-refractivity contribution is 6.58. The molecule has 0 bridgehead atoms. The van der Waals surface area contributed by atoms with Crippen LogP contribution in [0.5, 0.6) is 0 Å². The van der Waals surface area contributed by atoms with E-state index in [1.807, 2.05) is 0 Å². The fraction of sp³-hybridized carbons (Fsp3) is 0.400. The predicted molar refractivity (Wildman–Crippen MR) is 29.2 cm³/mol.